The summed E-state index contributed by atoms with van der Waals surface area (Å²) in [4.78, 5) is 27.8. The number of likely N-dealkylation sites (tertiary alicyclic amines) is 1. The highest BCUT2D eigenvalue weighted by atomic mass is 35.5. The maximum atomic E-state index is 13.5. The maximum absolute atomic E-state index is 13.5. The van der Waals surface area contributed by atoms with Crippen LogP contribution in [0.5, 0.6) is 0 Å². The van der Waals surface area contributed by atoms with Gasteiger partial charge in [-0.2, -0.15) is 10.2 Å². The molecule has 2 aliphatic heterocycles. The van der Waals surface area contributed by atoms with Gasteiger partial charge in [0.2, 0.25) is 5.91 Å². The fourth-order valence-electron chi connectivity index (χ4n) is 4.54. The smallest absolute Gasteiger partial charge is 0.410 e. The van der Waals surface area contributed by atoms with Gasteiger partial charge in [0.15, 0.2) is 0 Å². The summed E-state index contributed by atoms with van der Waals surface area (Å²) in [5, 5.41) is 13.7. The lowest BCUT2D eigenvalue weighted by molar-refractivity contribution is -0.126. The molecular weight excluding hydrogens is 523 g/mol. The second-order valence-electron chi connectivity index (χ2n) is 10.1. The molecule has 2 aromatic carbocycles. The number of nitrogens with one attached hydrogen (secondary N) is 1. The van der Waals surface area contributed by atoms with Crippen LogP contribution in [0.1, 0.15) is 63.2 Å². The highest BCUT2D eigenvalue weighted by Gasteiger charge is 2.40. The minimum atomic E-state index is -0.652. The molecule has 0 radical (unpaired) electrons. The van der Waals surface area contributed by atoms with Gasteiger partial charge in [-0.3, -0.25) is 9.69 Å². The first-order valence-electron chi connectivity index (χ1n) is 11.9. The van der Waals surface area contributed by atoms with Crippen molar-refractivity contribution in [1.29, 1.82) is 0 Å². The van der Waals surface area contributed by atoms with E-state index in [0.29, 0.717) is 46.4 Å². The van der Waals surface area contributed by atoms with Crippen molar-refractivity contribution < 1.29 is 14.3 Å². The van der Waals surface area contributed by atoms with E-state index < -0.39 is 23.8 Å². The van der Waals surface area contributed by atoms with Crippen molar-refractivity contribution >= 4 is 46.8 Å². The molecule has 2 amide bonds. The molecule has 192 valence electrons. The Morgan fingerprint density at radius 2 is 1.75 bits per heavy atom. The number of rotatable bonds is 5. The van der Waals surface area contributed by atoms with Gasteiger partial charge in [-0.25, -0.2) is 4.79 Å². The molecule has 1 saturated heterocycles. The van der Waals surface area contributed by atoms with Crippen LogP contribution in [0.2, 0.25) is 15.1 Å². The summed E-state index contributed by atoms with van der Waals surface area (Å²) in [7, 11) is 0. The van der Waals surface area contributed by atoms with Crippen molar-refractivity contribution in [2.75, 3.05) is 6.54 Å². The number of nitrogens with zero attached hydrogens (tertiary/aromatic N) is 3. The highest BCUT2D eigenvalue weighted by molar-refractivity contribution is 6.35. The van der Waals surface area contributed by atoms with E-state index in [1.807, 2.05) is 24.3 Å². The number of azo groups is 1. The van der Waals surface area contributed by atoms with Gasteiger partial charge in [0, 0.05) is 28.0 Å². The van der Waals surface area contributed by atoms with Crippen LogP contribution in [0, 0.1) is 0 Å². The van der Waals surface area contributed by atoms with E-state index in [-0.39, 0.29) is 18.0 Å². The van der Waals surface area contributed by atoms with Crippen molar-refractivity contribution in [3.05, 3.63) is 68.7 Å². The van der Waals surface area contributed by atoms with Gasteiger partial charge in [-0.15, -0.1) is 0 Å². The van der Waals surface area contributed by atoms with E-state index in [4.69, 9.17) is 39.5 Å². The second kappa shape index (κ2) is 11.0. The van der Waals surface area contributed by atoms with E-state index in [0.717, 1.165) is 5.56 Å². The predicted octanol–water partition coefficient (Wildman–Crippen LogP) is 7.17. The van der Waals surface area contributed by atoms with Gasteiger partial charge in [0.1, 0.15) is 11.6 Å². The van der Waals surface area contributed by atoms with Crippen molar-refractivity contribution in [2.45, 2.75) is 69.8 Å². The van der Waals surface area contributed by atoms with E-state index in [9.17, 15) is 9.59 Å². The Morgan fingerprint density at radius 3 is 2.42 bits per heavy atom. The molecule has 0 spiro atoms. The Bertz CT molecular complexity index is 1150. The van der Waals surface area contributed by atoms with E-state index in [2.05, 4.69) is 15.5 Å². The van der Waals surface area contributed by atoms with E-state index in [1.165, 1.54) is 4.90 Å². The first-order valence-corrected chi connectivity index (χ1v) is 13.1. The number of halogens is 3. The van der Waals surface area contributed by atoms with Crippen LogP contribution >= 0.6 is 34.8 Å². The quantitative estimate of drug-likeness (QED) is 0.427. The predicted molar refractivity (Wildman–Crippen MR) is 141 cm³/mol. The molecule has 4 rings (SSSR count). The van der Waals surface area contributed by atoms with E-state index >= 15 is 0 Å². The maximum Gasteiger partial charge on any atom is 0.410 e. The van der Waals surface area contributed by atoms with Crippen LogP contribution in [0.3, 0.4) is 0 Å². The first kappa shape index (κ1) is 26.7. The van der Waals surface area contributed by atoms with Crippen LogP contribution in [0.25, 0.3) is 0 Å². The minimum Gasteiger partial charge on any atom is -0.444 e. The number of ether oxygens (including phenoxy) is 1. The van der Waals surface area contributed by atoms with Gasteiger partial charge in [0.25, 0.3) is 0 Å². The Kier molecular flexibility index (Phi) is 8.12. The topological polar surface area (TPSA) is 83.4 Å². The zero-order chi connectivity index (χ0) is 26.0. The first-order chi connectivity index (χ1) is 17.0. The number of hydrogen-bond donors (Lipinski definition) is 1. The Hall–Kier alpha value is -2.35. The summed E-state index contributed by atoms with van der Waals surface area (Å²) in [5.41, 5.74) is 1.03. The van der Waals surface area contributed by atoms with Gasteiger partial charge >= 0.3 is 6.09 Å². The molecule has 0 aromatic heterocycles. The van der Waals surface area contributed by atoms with Crippen molar-refractivity contribution in [3.63, 3.8) is 0 Å². The van der Waals surface area contributed by atoms with Gasteiger partial charge in [-0.1, -0.05) is 53.0 Å². The fourth-order valence-corrected chi connectivity index (χ4v) is 5.19. The standard InChI is InChI=1S/C26H29Cl3N4O3/c1-26(2,3)36-25(35)33-12-4-5-22(33)24(34)30-23(18-11-10-17(28)13-19(18)29)21-14-20(31-32-21)15-6-8-16(27)9-7-15/h6-11,13,20-23H,4-5,12,14H2,1-3H3,(H,30,34). The monoisotopic (exact) mass is 550 g/mol. The summed E-state index contributed by atoms with van der Waals surface area (Å²) >= 11 is 18.7. The van der Waals surface area contributed by atoms with Gasteiger partial charge in [0.05, 0.1) is 18.1 Å². The molecule has 4 atom stereocenters. The summed E-state index contributed by atoms with van der Waals surface area (Å²) in [6.07, 6.45) is 1.34. The van der Waals surface area contributed by atoms with Crippen LogP contribution < -0.4 is 5.32 Å². The number of carbonyl (C=O) groups is 2. The SMILES string of the molecule is CC(C)(C)OC(=O)N1CCCC1C(=O)NC(c1ccc(Cl)cc1Cl)C1CC(c2ccc(Cl)cc2)N=N1. The van der Waals surface area contributed by atoms with Crippen LogP contribution in [0.15, 0.2) is 52.7 Å². The number of benzene rings is 2. The molecule has 2 heterocycles. The molecule has 1 fully saturated rings. The molecule has 0 bridgehead atoms. The molecule has 1 N–H and O–H groups in total. The second-order valence-corrected chi connectivity index (χ2v) is 11.4. The third-order valence-corrected chi connectivity index (χ3v) is 7.05. The van der Waals surface area contributed by atoms with Gasteiger partial charge < -0.3 is 10.1 Å². The van der Waals surface area contributed by atoms with Crippen molar-refractivity contribution in [3.8, 4) is 0 Å². The Morgan fingerprint density at radius 1 is 1.06 bits per heavy atom. The summed E-state index contributed by atoms with van der Waals surface area (Å²) in [5.74, 6) is -0.278. The fraction of sp³-hybridized carbons (Fsp3) is 0.462. The number of amides is 2. The summed E-state index contributed by atoms with van der Waals surface area (Å²) in [6.45, 7) is 5.87. The lowest BCUT2D eigenvalue weighted by Gasteiger charge is -2.30. The Labute approximate surface area is 226 Å². The molecule has 2 aromatic rings. The average molecular weight is 552 g/mol. The zero-order valence-corrected chi connectivity index (χ0v) is 22.6. The zero-order valence-electron chi connectivity index (χ0n) is 20.4. The largest absolute Gasteiger partial charge is 0.444 e. The van der Waals surface area contributed by atoms with Crippen LogP contribution in [-0.2, 0) is 9.53 Å². The minimum absolute atomic E-state index is 0.164. The lowest BCUT2D eigenvalue weighted by atomic mass is 9.93. The number of hydrogen-bond acceptors (Lipinski definition) is 5. The molecule has 0 aliphatic carbocycles. The average Bonchev–Trinajstić information content (AvgIpc) is 3.47. The molecule has 0 saturated carbocycles. The highest BCUT2D eigenvalue weighted by Crippen LogP contribution is 2.39. The molecule has 10 heteroatoms. The summed E-state index contributed by atoms with van der Waals surface area (Å²) < 4.78 is 5.52. The van der Waals surface area contributed by atoms with Crippen molar-refractivity contribution in [1.82, 2.24) is 10.2 Å². The molecule has 7 nitrogen and oxygen atoms in total. The van der Waals surface area contributed by atoms with E-state index in [1.54, 1.807) is 39.0 Å². The van der Waals surface area contributed by atoms with Crippen LogP contribution in [0.4, 0.5) is 4.79 Å². The van der Waals surface area contributed by atoms with Crippen molar-refractivity contribution in [2.24, 2.45) is 10.2 Å². The lowest BCUT2D eigenvalue weighted by Crippen LogP contribution is -2.49. The molecule has 2 aliphatic rings. The Balaban J connectivity index is 1.56. The normalized spacial score (nSPS) is 22.5. The third kappa shape index (κ3) is 6.31. The summed E-state index contributed by atoms with van der Waals surface area (Å²) in [6, 6.07) is 10.9. The number of carbonyl (C=O) groups excluding carboxylic acids is 2. The third-order valence-electron chi connectivity index (χ3n) is 6.24. The molecule has 36 heavy (non-hydrogen) atoms. The van der Waals surface area contributed by atoms with Gasteiger partial charge in [-0.05, 0) is 69.0 Å². The van der Waals surface area contributed by atoms with Crippen LogP contribution in [-0.4, -0.2) is 41.1 Å². The molecular formula is C26H29Cl3N4O3. The molecule has 4 unspecified atom stereocenters.